The molecule has 0 bridgehead atoms. The van der Waals surface area contributed by atoms with E-state index in [2.05, 4.69) is 15.1 Å². The van der Waals surface area contributed by atoms with Crippen LogP contribution in [0.3, 0.4) is 0 Å². The summed E-state index contributed by atoms with van der Waals surface area (Å²) in [7, 11) is -4.14. The van der Waals surface area contributed by atoms with Gasteiger partial charge in [0.05, 0.1) is 21.8 Å². The zero-order valence-corrected chi connectivity index (χ0v) is 27.3. The van der Waals surface area contributed by atoms with Crippen molar-refractivity contribution in [1.82, 2.24) is 15.1 Å². The number of anilines is 1. The van der Waals surface area contributed by atoms with Gasteiger partial charge in [0.15, 0.2) is 0 Å². The number of sulfonamides is 1. The molecule has 6 rings (SSSR count). The Morgan fingerprint density at radius 1 is 0.857 bits per heavy atom. The average molecular weight is 693 g/mol. The molecule has 1 amide bonds. The van der Waals surface area contributed by atoms with Crippen molar-refractivity contribution < 1.29 is 27.9 Å². The fraction of sp³-hybridized carbons (Fsp3) is 0.0541. The molecule has 10 nitrogen and oxygen atoms in total. The molecular formula is C37H29ClN4O6S. The first kappa shape index (κ1) is 33.0. The summed E-state index contributed by atoms with van der Waals surface area (Å²) in [6, 6.07) is 34.8. The molecule has 0 saturated carbocycles. The largest absolute Gasteiger partial charge is 0.480 e. The molecule has 0 unspecified atom stereocenters. The number of carboxylic acids is 1. The van der Waals surface area contributed by atoms with Gasteiger partial charge in [-0.1, -0.05) is 72.3 Å². The number of halogens is 1. The van der Waals surface area contributed by atoms with Crippen molar-refractivity contribution in [3.05, 3.63) is 156 Å². The molecule has 0 aliphatic carbocycles. The van der Waals surface area contributed by atoms with Gasteiger partial charge in [-0.25, -0.2) is 17.9 Å². The molecule has 0 radical (unpaired) electrons. The summed E-state index contributed by atoms with van der Waals surface area (Å²) in [4.78, 5) is 25.7. The van der Waals surface area contributed by atoms with E-state index in [1.807, 2.05) is 66.7 Å². The van der Waals surface area contributed by atoms with Gasteiger partial charge < -0.3 is 15.2 Å². The number of rotatable bonds is 12. The van der Waals surface area contributed by atoms with Gasteiger partial charge in [0, 0.05) is 29.4 Å². The van der Waals surface area contributed by atoms with E-state index in [9.17, 15) is 23.1 Å². The minimum absolute atomic E-state index is 0.0340. The second kappa shape index (κ2) is 14.5. The average Bonchev–Trinajstić information content (AvgIpc) is 3.65. The summed E-state index contributed by atoms with van der Waals surface area (Å²) in [5.74, 6) is -0.718. The molecule has 0 aliphatic rings. The van der Waals surface area contributed by atoms with Gasteiger partial charge >= 0.3 is 5.97 Å². The van der Waals surface area contributed by atoms with Crippen molar-refractivity contribution in [2.24, 2.45) is 0 Å². The molecule has 49 heavy (non-hydrogen) atoms. The van der Waals surface area contributed by atoms with Crippen molar-refractivity contribution >= 4 is 39.2 Å². The Morgan fingerprint density at radius 2 is 1.57 bits per heavy atom. The highest BCUT2D eigenvalue weighted by molar-refractivity contribution is 7.92. The summed E-state index contributed by atoms with van der Waals surface area (Å²) < 4.78 is 36.6. The fourth-order valence-corrected chi connectivity index (χ4v) is 6.35. The van der Waals surface area contributed by atoms with Crippen molar-refractivity contribution in [3.63, 3.8) is 0 Å². The number of amides is 1. The summed E-state index contributed by atoms with van der Waals surface area (Å²) in [5, 5.41) is 16.8. The monoisotopic (exact) mass is 692 g/mol. The summed E-state index contributed by atoms with van der Waals surface area (Å²) in [6.07, 6.45) is 3.30. The lowest BCUT2D eigenvalue weighted by atomic mass is 9.99. The quantitative estimate of drug-likeness (QED) is 0.123. The van der Waals surface area contributed by atoms with E-state index in [0.717, 1.165) is 11.1 Å². The topological polar surface area (TPSA) is 140 Å². The minimum Gasteiger partial charge on any atom is -0.480 e. The second-order valence-corrected chi connectivity index (χ2v) is 13.0. The van der Waals surface area contributed by atoms with Gasteiger partial charge in [-0.15, -0.1) is 0 Å². The Bertz CT molecular complexity index is 2190. The summed E-state index contributed by atoms with van der Waals surface area (Å²) >= 11 is 6.18. The SMILES string of the molecule is O=C(N[C@@H](Cc1ccc(-c2ccccc2Oc2ccccc2)cc1)C(=O)O)c1cc(Cl)ccc1NS(=O)(=O)c1ccc(-n2cccn2)cc1. The molecule has 12 heteroatoms. The van der Waals surface area contributed by atoms with Crippen LogP contribution in [-0.4, -0.2) is 41.2 Å². The lowest BCUT2D eigenvalue weighted by Gasteiger charge is -2.18. The number of aliphatic carboxylic acids is 1. The number of hydrogen-bond acceptors (Lipinski definition) is 6. The Morgan fingerprint density at radius 3 is 2.27 bits per heavy atom. The van der Waals surface area contributed by atoms with E-state index in [1.165, 1.54) is 30.3 Å². The lowest BCUT2D eigenvalue weighted by molar-refractivity contribution is -0.139. The highest BCUT2D eigenvalue weighted by Crippen LogP contribution is 2.33. The van der Waals surface area contributed by atoms with E-state index >= 15 is 0 Å². The molecule has 0 aliphatic heterocycles. The number of para-hydroxylation sites is 2. The number of aromatic nitrogens is 2. The van der Waals surface area contributed by atoms with E-state index in [0.29, 0.717) is 22.7 Å². The normalized spacial score (nSPS) is 11.8. The van der Waals surface area contributed by atoms with Crippen LogP contribution in [0.5, 0.6) is 11.5 Å². The smallest absolute Gasteiger partial charge is 0.326 e. The van der Waals surface area contributed by atoms with Crippen molar-refractivity contribution in [2.75, 3.05) is 4.72 Å². The van der Waals surface area contributed by atoms with Gasteiger partial charge in [0.2, 0.25) is 0 Å². The van der Waals surface area contributed by atoms with Crippen molar-refractivity contribution in [1.29, 1.82) is 0 Å². The number of carboxylic acid groups (broad SMARTS) is 1. The Balaban J connectivity index is 1.17. The molecule has 3 N–H and O–H groups in total. The number of carbonyl (C=O) groups is 2. The van der Waals surface area contributed by atoms with E-state index in [4.69, 9.17) is 16.3 Å². The van der Waals surface area contributed by atoms with Gasteiger partial charge in [0.1, 0.15) is 17.5 Å². The zero-order chi connectivity index (χ0) is 34.4. The van der Waals surface area contributed by atoms with Crippen LogP contribution in [0.25, 0.3) is 16.8 Å². The van der Waals surface area contributed by atoms with Crippen LogP contribution >= 0.6 is 11.6 Å². The number of benzene rings is 5. The number of nitrogens with one attached hydrogen (secondary N) is 2. The van der Waals surface area contributed by atoms with Gasteiger partial charge in [-0.3, -0.25) is 9.52 Å². The van der Waals surface area contributed by atoms with Crippen LogP contribution in [0.15, 0.2) is 145 Å². The fourth-order valence-electron chi connectivity index (χ4n) is 5.10. The zero-order valence-electron chi connectivity index (χ0n) is 25.7. The van der Waals surface area contributed by atoms with E-state index < -0.39 is 27.9 Å². The molecule has 0 fully saturated rings. The molecule has 246 valence electrons. The number of nitrogens with zero attached hydrogens (tertiary/aromatic N) is 2. The predicted molar refractivity (Wildman–Crippen MR) is 187 cm³/mol. The molecule has 1 heterocycles. The van der Waals surface area contributed by atoms with Gasteiger partial charge in [-0.05, 0) is 77.9 Å². The van der Waals surface area contributed by atoms with Crippen LogP contribution < -0.4 is 14.8 Å². The maximum absolute atomic E-state index is 13.5. The number of carbonyl (C=O) groups excluding carboxylic acids is 1. The maximum Gasteiger partial charge on any atom is 0.326 e. The number of ether oxygens (including phenoxy) is 1. The van der Waals surface area contributed by atoms with Crippen LogP contribution in [0.4, 0.5) is 5.69 Å². The lowest BCUT2D eigenvalue weighted by Crippen LogP contribution is -2.42. The van der Waals surface area contributed by atoms with Crippen LogP contribution in [0.2, 0.25) is 5.02 Å². The van der Waals surface area contributed by atoms with E-state index in [-0.39, 0.29) is 27.6 Å². The number of hydrogen-bond donors (Lipinski definition) is 3. The van der Waals surface area contributed by atoms with Gasteiger partial charge in [0.25, 0.3) is 15.9 Å². The standard InChI is InChI=1S/C37H29ClN4O6S/c38-27-15-20-33(41-49(46,47)30-18-16-28(17-19-30)42-22-6-21-39-42)32(24-27)36(43)40-34(37(44)45)23-25-11-13-26(14-12-25)31-9-4-5-10-35(31)48-29-7-2-1-3-8-29/h1-22,24,34,41H,23H2,(H,40,43)(H,44,45)/t34-/m0/s1. The minimum atomic E-state index is -4.14. The highest BCUT2D eigenvalue weighted by Gasteiger charge is 2.25. The van der Waals surface area contributed by atoms with Crippen molar-refractivity contribution in [3.8, 4) is 28.3 Å². The Kier molecular flexibility index (Phi) is 9.74. The van der Waals surface area contributed by atoms with Crippen molar-refractivity contribution in [2.45, 2.75) is 17.4 Å². The van der Waals surface area contributed by atoms with Crippen LogP contribution in [-0.2, 0) is 21.2 Å². The van der Waals surface area contributed by atoms with Gasteiger partial charge in [-0.2, -0.15) is 5.10 Å². The first-order chi connectivity index (χ1) is 23.7. The van der Waals surface area contributed by atoms with Crippen LogP contribution in [0.1, 0.15) is 15.9 Å². The summed E-state index contributed by atoms with van der Waals surface area (Å²) in [5.41, 5.74) is 2.82. The molecule has 6 aromatic rings. The third-order valence-corrected chi connectivity index (χ3v) is 9.17. The maximum atomic E-state index is 13.5. The third-order valence-electron chi connectivity index (χ3n) is 7.55. The first-order valence-corrected chi connectivity index (χ1v) is 16.9. The third kappa shape index (κ3) is 7.98. The molecule has 5 aromatic carbocycles. The Hall–Kier alpha value is -5.91. The molecule has 0 spiro atoms. The predicted octanol–water partition coefficient (Wildman–Crippen LogP) is 7.21. The second-order valence-electron chi connectivity index (χ2n) is 10.9. The van der Waals surface area contributed by atoms with Crippen LogP contribution in [0, 0.1) is 0 Å². The highest BCUT2D eigenvalue weighted by atomic mass is 35.5. The molecule has 1 aromatic heterocycles. The molecule has 0 saturated heterocycles. The first-order valence-electron chi connectivity index (χ1n) is 15.0. The molecular weight excluding hydrogens is 664 g/mol. The van der Waals surface area contributed by atoms with E-state index in [1.54, 1.807) is 47.4 Å². The Labute approximate surface area is 287 Å². The summed E-state index contributed by atoms with van der Waals surface area (Å²) in [6.45, 7) is 0. The molecule has 1 atom stereocenters.